The van der Waals surface area contributed by atoms with Crippen LogP contribution in [0.3, 0.4) is 0 Å². The number of nitrogens with two attached hydrogens (primary N) is 1. The normalized spacial score (nSPS) is 27.7. The largest absolute Gasteiger partial charge is 0.370 e. The fraction of sp³-hybridized carbons (Fsp3) is 0.360. The first-order valence-corrected chi connectivity index (χ1v) is 11.3. The predicted octanol–water partition coefficient (Wildman–Crippen LogP) is 1.09. The van der Waals surface area contributed by atoms with Gasteiger partial charge in [-0.3, -0.25) is 29.4 Å². The summed E-state index contributed by atoms with van der Waals surface area (Å²) >= 11 is 0. The second-order valence-electron chi connectivity index (χ2n) is 8.94. The molecule has 4 N–H and O–H groups in total. The van der Waals surface area contributed by atoms with Gasteiger partial charge in [-0.15, -0.1) is 0 Å². The van der Waals surface area contributed by atoms with Gasteiger partial charge < -0.3 is 11.1 Å². The summed E-state index contributed by atoms with van der Waals surface area (Å²) in [5, 5.41) is 6.18. The van der Waals surface area contributed by atoms with Crippen molar-refractivity contribution in [3.05, 3.63) is 65.2 Å². The number of primary amides is 1. The number of imide groups is 1. The number of hydrogen-bond acceptors (Lipinski definition) is 5. The highest BCUT2D eigenvalue weighted by Gasteiger charge is 2.70. The molecule has 8 nitrogen and oxygen atoms in total. The number of carbonyl (C=O) groups excluding carboxylic acids is 4. The maximum absolute atomic E-state index is 13.7. The molecule has 3 aliphatic heterocycles. The van der Waals surface area contributed by atoms with Gasteiger partial charge in [0.1, 0.15) is 5.54 Å². The molecule has 0 unspecified atom stereocenters. The molecule has 170 valence electrons. The summed E-state index contributed by atoms with van der Waals surface area (Å²) in [5.74, 6) is -3.46. The summed E-state index contributed by atoms with van der Waals surface area (Å²) in [6.45, 7) is 2.21. The number of carbonyl (C=O) groups is 4. The maximum Gasteiger partial charge on any atom is 0.250 e. The first-order chi connectivity index (χ1) is 15.9. The van der Waals surface area contributed by atoms with Crippen LogP contribution in [0, 0.1) is 11.8 Å². The quantitative estimate of drug-likeness (QED) is 0.574. The average Bonchev–Trinajstić information content (AvgIpc) is 3.37. The Labute approximate surface area is 191 Å². The van der Waals surface area contributed by atoms with Crippen molar-refractivity contribution in [2.24, 2.45) is 17.6 Å². The van der Waals surface area contributed by atoms with Gasteiger partial charge in [-0.1, -0.05) is 55.5 Å². The van der Waals surface area contributed by atoms with E-state index in [0.29, 0.717) is 24.1 Å². The van der Waals surface area contributed by atoms with Gasteiger partial charge in [0, 0.05) is 30.3 Å². The van der Waals surface area contributed by atoms with Crippen molar-refractivity contribution < 1.29 is 19.2 Å². The van der Waals surface area contributed by atoms with Gasteiger partial charge in [0.15, 0.2) is 0 Å². The van der Waals surface area contributed by atoms with Crippen LogP contribution in [0.2, 0.25) is 0 Å². The fourth-order valence-corrected chi connectivity index (χ4v) is 5.74. The van der Waals surface area contributed by atoms with Crippen molar-refractivity contribution in [2.45, 2.75) is 37.8 Å². The number of likely N-dealkylation sites (tertiary alicyclic amines) is 1. The van der Waals surface area contributed by atoms with Crippen molar-refractivity contribution in [3.8, 4) is 0 Å². The summed E-state index contributed by atoms with van der Waals surface area (Å²) in [6.07, 6.45) is 1.08. The number of fused-ring (bicyclic) bond motifs is 4. The van der Waals surface area contributed by atoms with E-state index in [4.69, 9.17) is 5.73 Å². The molecule has 2 fully saturated rings. The zero-order chi connectivity index (χ0) is 23.3. The van der Waals surface area contributed by atoms with Gasteiger partial charge >= 0.3 is 0 Å². The number of hydrogen-bond donors (Lipinski definition) is 3. The van der Waals surface area contributed by atoms with Crippen LogP contribution < -0.4 is 16.4 Å². The first-order valence-electron chi connectivity index (χ1n) is 11.3. The van der Waals surface area contributed by atoms with E-state index in [0.717, 1.165) is 11.1 Å². The molecule has 0 bridgehead atoms. The molecule has 0 radical (unpaired) electrons. The van der Waals surface area contributed by atoms with Gasteiger partial charge in [0.25, 0.3) is 0 Å². The lowest BCUT2D eigenvalue weighted by atomic mass is 9.76. The molecule has 0 aliphatic carbocycles. The van der Waals surface area contributed by atoms with Crippen LogP contribution >= 0.6 is 0 Å². The molecule has 8 heteroatoms. The summed E-state index contributed by atoms with van der Waals surface area (Å²) in [6, 6.07) is 14.5. The van der Waals surface area contributed by atoms with E-state index in [2.05, 4.69) is 10.6 Å². The Bertz CT molecular complexity index is 1160. The number of rotatable bonds is 6. The number of para-hydroxylation sites is 1. The fourth-order valence-electron chi connectivity index (χ4n) is 5.74. The number of nitrogens with zero attached hydrogens (tertiary/aromatic N) is 1. The molecule has 5 rings (SSSR count). The van der Waals surface area contributed by atoms with Crippen LogP contribution in [-0.4, -0.2) is 41.1 Å². The number of aryl methyl sites for hydroxylation is 1. The molecule has 2 aromatic carbocycles. The molecule has 2 aromatic rings. The topological polar surface area (TPSA) is 122 Å². The molecule has 33 heavy (non-hydrogen) atoms. The lowest BCUT2D eigenvalue weighted by molar-refractivity contribution is -0.142. The molecule has 2 saturated heterocycles. The second-order valence-corrected chi connectivity index (χ2v) is 8.94. The van der Waals surface area contributed by atoms with E-state index in [1.165, 1.54) is 4.90 Å². The Kier molecular flexibility index (Phi) is 5.05. The van der Waals surface area contributed by atoms with E-state index in [1.54, 1.807) is 0 Å². The standard InChI is InChI=1S/C25H26N4O4/c1-2-15-9-6-10-16-21(15)27-24(33)25(16)20-19(17(28-25)13-18(26)30)22(31)29(23(20)32)12-11-14-7-4-3-5-8-14/h3-10,17,19-20,28H,2,11-13H2,1H3,(H2,26,30)(H,27,33)/t17-,19-,20+,25+/m1/s1. The van der Waals surface area contributed by atoms with E-state index >= 15 is 0 Å². The molecule has 3 heterocycles. The van der Waals surface area contributed by atoms with Gasteiger partial charge in [0.05, 0.1) is 11.8 Å². The van der Waals surface area contributed by atoms with E-state index in [9.17, 15) is 19.2 Å². The third kappa shape index (κ3) is 3.08. The summed E-state index contributed by atoms with van der Waals surface area (Å²) in [7, 11) is 0. The molecule has 4 amide bonds. The minimum absolute atomic E-state index is 0.134. The van der Waals surface area contributed by atoms with Crippen molar-refractivity contribution in [1.82, 2.24) is 10.2 Å². The molecule has 0 saturated carbocycles. The smallest absolute Gasteiger partial charge is 0.250 e. The van der Waals surface area contributed by atoms with Crippen molar-refractivity contribution in [2.75, 3.05) is 11.9 Å². The summed E-state index contributed by atoms with van der Waals surface area (Å²) in [4.78, 5) is 53.7. The van der Waals surface area contributed by atoms with Crippen LogP contribution in [0.4, 0.5) is 5.69 Å². The van der Waals surface area contributed by atoms with E-state index < -0.39 is 29.3 Å². The van der Waals surface area contributed by atoms with Crippen molar-refractivity contribution in [3.63, 3.8) is 0 Å². The number of anilines is 1. The number of nitrogens with one attached hydrogen (secondary N) is 2. The summed E-state index contributed by atoms with van der Waals surface area (Å²) in [5.41, 5.74) is 7.36. The second kappa shape index (κ2) is 7.81. The molecule has 3 aliphatic rings. The van der Waals surface area contributed by atoms with Crippen LogP contribution in [0.25, 0.3) is 0 Å². The highest BCUT2D eigenvalue weighted by molar-refractivity contribution is 6.15. The zero-order valence-electron chi connectivity index (χ0n) is 18.3. The van der Waals surface area contributed by atoms with Gasteiger partial charge in [-0.05, 0) is 24.0 Å². The summed E-state index contributed by atoms with van der Waals surface area (Å²) < 4.78 is 0. The lowest BCUT2D eigenvalue weighted by Crippen LogP contribution is -2.53. The number of benzene rings is 2. The minimum atomic E-state index is -1.40. The minimum Gasteiger partial charge on any atom is -0.370 e. The van der Waals surface area contributed by atoms with Gasteiger partial charge in [-0.25, -0.2) is 0 Å². The SMILES string of the molecule is CCc1cccc2c1NC(=O)[C@]21N[C@H](CC(N)=O)[C@H]2C(=O)N(CCc3ccccc3)C(=O)[C@H]21. The monoisotopic (exact) mass is 446 g/mol. The Morgan fingerprint density at radius 1 is 1.06 bits per heavy atom. The van der Waals surface area contributed by atoms with Crippen LogP contribution in [0.1, 0.15) is 30.0 Å². The molecule has 1 spiro atoms. The maximum atomic E-state index is 13.7. The van der Waals surface area contributed by atoms with Crippen molar-refractivity contribution >= 4 is 29.3 Å². The molecule has 4 atom stereocenters. The van der Waals surface area contributed by atoms with Gasteiger partial charge in [-0.2, -0.15) is 0 Å². The molecule has 0 aromatic heterocycles. The van der Waals surface area contributed by atoms with Crippen LogP contribution in [0.15, 0.2) is 48.5 Å². The Hall–Kier alpha value is -3.52. The third-order valence-electron chi connectivity index (χ3n) is 7.20. The van der Waals surface area contributed by atoms with Crippen LogP contribution in [0.5, 0.6) is 0 Å². The highest BCUT2D eigenvalue weighted by atomic mass is 16.2. The Balaban J connectivity index is 1.56. The van der Waals surface area contributed by atoms with Gasteiger partial charge in [0.2, 0.25) is 23.6 Å². The van der Waals surface area contributed by atoms with E-state index in [1.807, 2.05) is 55.5 Å². The zero-order valence-corrected chi connectivity index (χ0v) is 18.3. The highest BCUT2D eigenvalue weighted by Crippen LogP contribution is 2.53. The lowest BCUT2D eigenvalue weighted by Gasteiger charge is -2.29. The third-order valence-corrected chi connectivity index (χ3v) is 7.20. The first kappa shape index (κ1) is 21.3. The predicted molar refractivity (Wildman–Crippen MR) is 121 cm³/mol. The van der Waals surface area contributed by atoms with E-state index in [-0.39, 0.29) is 30.7 Å². The Morgan fingerprint density at radius 2 is 1.82 bits per heavy atom. The van der Waals surface area contributed by atoms with Crippen molar-refractivity contribution in [1.29, 1.82) is 0 Å². The number of amides is 4. The molecular weight excluding hydrogens is 420 g/mol. The van der Waals surface area contributed by atoms with Crippen LogP contribution in [-0.2, 0) is 37.6 Å². The average molecular weight is 447 g/mol. The Morgan fingerprint density at radius 3 is 2.52 bits per heavy atom. The molecular formula is C25H26N4O4.